The van der Waals surface area contributed by atoms with E-state index in [1.165, 1.54) is 0 Å². The molecule has 0 atom stereocenters. The second-order valence-corrected chi connectivity index (χ2v) is 4.81. The lowest BCUT2D eigenvalue weighted by atomic mass is 10.1. The topological polar surface area (TPSA) is 46.3 Å². The SMILES string of the molecule is Cc1ccc(Br)c(C(=O)N2CC(N)C2)c1. The highest BCUT2D eigenvalue weighted by Crippen LogP contribution is 2.21. The second-order valence-electron chi connectivity index (χ2n) is 3.95. The standard InChI is InChI=1S/C11H13BrN2O/c1-7-2-3-10(12)9(4-7)11(15)14-5-8(13)6-14/h2-4,8H,5-6,13H2,1H3. The molecule has 80 valence electrons. The fourth-order valence-electron chi connectivity index (χ4n) is 1.65. The van der Waals surface area contributed by atoms with Gasteiger partial charge in [0.2, 0.25) is 0 Å². The summed E-state index contributed by atoms with van der Waals surface area (Å²) in [6.07, 6.45) is 0. The number of hydrogen-bond donors (Lipinski definition) is 1. The van der Waals surface area contributed by atoms with Gasteiger partial charge in [0.05, 0.1) is 5.56 Å². The molecule has 1 amide bonds. The number of likely N-dealkylation sites (tertiary alicyclic amines) is 1. The summed E-state index contributed by atoms with van der Waals surface area (Å²) in [6.45, 7) is 3.31. The first-order valence-electron chi connectivity index (χ1n) is 4.89. The van der Waals surface area contributed by atoms with Gasteiger partial charge in [0.25, 0.3) is 5.91 Å². The van der Waals surface area contributed by atoms with Crippen LogP contribution in [-0.2, 0) is 0 Å². The van der Waals surface area contributed by atoms with Crippen LogP contribution < -0.4 is 5.73 Å². The van der Waals surface area contributed by atoms with E-state index in [1.807, 2.05) is 25.1 Å². The molecule has 0 aliphatic carbocycles. The zero-order valence-corrected chi connectivity index (χ0v) is 10.1. The van der Waals surface area contributed by atoms with Crippen molar-refractivity contribution in [3.05, 3.63) is 33.8 Å². The number of carbonyl (C=O) groups is 1. The summed E-state index contributed by atoms with van der Waals surface area (Å²) in [5.41, 5.74) is 7.46. The molecule has 4 heteroatoms. The lowest BCUT2D eigenvalue weighted by molar-refractivity contribution is 0.0607. The molecule has 3 nitrogen and oxygen atoms in total. The van der Waals surface area contributed by atoms with Crippen molar-refractivity contribution in [3.63, 3.8) is 0 Å². The molecule has 1 aromatic rings. The van der Waals surface area contributed by atoms with Crippen molar-refractivity contribution in [1.82, 2.24) is 4.90 Å². The quantitative estimate of drug-likeness (QED) is 0.840. The number of carbonyl (C=O) groups excluding carboxylic acids is 1. The van der Waals surface area contributed by atoms with Gasteiger partial charge in [-0.25, -0.2) is 0 Å². The van der Waals surface area contributed by atoms with Crippen molar-refractivity contribution in [2.24, 2.45) is 5.73 Å². The maximum absolute atomic E-state index is 12.0. The van der Waals surface area contributed by atoms with E-state index in [2.05, 4.69) is 15.9 Å². The molecule has 1 aromatic carbocycles. The van der Waals surface area contributed by atoms with Crippen LogP contribution in [0.4, 0.5) is 0 Å². The average Bonchev–Trinajstić information content (AvgIpc) is 2.16. The van der Waals surface area contributed by atoms with Crippen molar-refractivity contribution in [3.8, 4) is 0 Å². The average molecular weight is 269 g/mol. The molecule has 0 spiro atoms. The van der Waals surface area contributed by atoms with E-state index in [0.29, 0.717) is 13.1 Å². The van der Waals surface area contributed by atoms with Gasteiger partial charge in [0, 0.05) is 23.6 Å². The summed E-state index contributed by atoms with van der Waals surface area (Å²) in [5.74, 6) is 0.0623. The summed E-state index contributed by atoms with van der Waals surface area (Å²) < 4.78 is 0.846. The summed E-state index contributed by atoms with van der Waals surface area (Å²) in [6, 6.07) is 5.93. The highest BCUT2D eigenvalue weighted by Gasteiger charge is 2.29. The van der Waals surface area contributed by atoms with E-state index in [9.17, 15) is 4.79 Å². The van der Waals surface area contributed by atoms with Crippen LogP contribution in [0.15, 0.2) is 22.7 Å². The highest BCUT2D eigenvalue weighted by molar-refractivity contribution is 9.10. The summed E-state index contributed by atoms with van der Waals surface area (Å²) in [7, 11) is 0. The lowest BCUT2D eigenvalue weighted by Crippen LogP contribution is -2.57. The Labute approximate surface area is 97.4 Å². The summed E-state index contributed by atoms with van der Waals surface area (Å²) >= 11 is 3.39. The van der Waals surface area contributed by atoms with Crippen molar-refractivity contribution >= 4 is 21.8 Å². The monoisotopic (exact) mass is 268 g/mol. The Kier molecular flexibility index (Phi) is 2.80. The minimum absolute atomic E-state index is 0.0623. The number of nitrogens with zero attached hydrogens (tertiary/aromatic N) is 1. The van der Waals surface area contributed by atoms with Gasteiger partial charge in [-0.2, -0.15) is 0 Å². The predicted octanol–water partition coefficient (Wildman–Crippen LogP) is 1.54. The van der Waals surface area contributed by atoms with Crippen LogP contribution in [0.3, 0.4) is 0 Å². The summed E-state index contributed by atoms with van der Waals surface area (Å²) in [4.78, 5) is 13.8. The number of aryl methyl sites for hydroxylation is 1. The molecule has 0 unspecified atom stereocenters. The second kappa shape index (κ2) is 3.94. The van der Waals surface area contributed by atoms with Gasteiger partial charge < -0.3 is 10.6 Å². The molecule has 0 radical (unpaired) electrons. The van der Waals surface area contributed by atoms with E-state index in [-0.39, 0.29) is 11.9 Å². The first-order chi connectivity index (χ1) is 7.08. The van der Waals surface area contributed by atoms with Gasteiger partial charge in [-0.1, -0.05) is 11.6 Å². The normalized spacial score (nSPS) is 16.3. The van der Waals surface area contributed by atoms with Crippen LogP contribution in [0, 0.1) is 6.92 Å². The molecule has 1 aliphatic heterocycles. The third-order valence-corrected chi connectivity index (χ3v) is 3.24. The maximum Gasteiger partial charge on any atom is 0.255 e. The number of nitrogens with two attached hydrogens (primary N) is 1. The van der Waals surface area contributed by atoms with E-state index in [0.717, 1.165) is 15.6 Å². The number of amides is 1. The molecule has 1 aliphatic rings. The van der Waals surface area contributed by atoms with E-state index in [4.69, 9.17) is 5.73 Å². The summed E-state index contributed by atoms with van der Waals surface area (Å²) in [5, 5.41) is 0. The first-order valence-corrected chi connectivity index (χ1v) is 5.68. The Bertz CT molecular complexity index is 400. The molecule has 15 heavy (non-hydrogen) atoms. The minimum atomic E-state index is 0.0623. The smallest absolute Gasteiger partial charge is 0.255 e. The van der Waals surface area contributed by atoms with Crippen LogP contribution in [0.1, 0.15) is 15.9 Å². The van der Waals surface area contributed by atoms with E-state index >= 15 is 0 Å². The Morgan fingerprint density at radius 1 is 1.53 bits per heavy atom. The highest BCUT2D eigenvalue weighted by atomic mass is 79.9. The van der Waals surface area contributed by atoms with Crippen LogP contribution in [-0.4, -0.2) is 29.9 Å². The Hall–Kier alpha value is -0.870. The maximum atomic E-state index is 12.0. The van der Waals surface area contributed by atoms with Gasteiger partial charge in [-0.05, 0) is 35.0 Å². The molecule has 1 heterocycles. The number of rotatable bonds is 1. The third-order valence-electron chi connectivity index (χ3n) is 2.55. The van der Waals surface area contributed by atoms with Crippen molar-refractivity contribution in [1.29, 1.82) is 0 Å². The third kappa shape index (κ3) is 2.06. The van der Waals surface area contributed by atoms with Gasteiger partial charge >= 0.3 is 0 Å². The van der Waals surface area contributed by atoms with Gasteiger partial charge in [-0.15, -0.1) is 0 Å². The molecule has 1 saturated heterocycles. The molecule has 0 bridgehead atoms. The lowest BCUT2D eigenvalue weighted by Gasteiger charge is -2.37. The minimum Gasteiger partial charge on any atom is -0.335 e. The van der Waals surface area contributed by atoms with Crippen molar-refractivity contribution in [2.75, 3.05) is 13.1 Å². The largest absolute Gasteiger partial charge is 0.335 e. The fourth-order valence-corrected chi connectivity index (χ4v) is 2.07. The van der Waals surface area contributed by atoms with E-state index < -0.39 is 0 Å². The fraction of sp³-hybridized carbons (Fsp3) is 0.364. The molecule has 0 aromatic heterocycles. The number of halogens is 1. The zero-order chi connectivity index (χ0) is 11.0. The zero-order valence-electron chi connectivity index (χ0n) is 8.53. The number of hydrogen-bond acceptors (Lipinski definition) is 2. The van der Waals surface area contributed by atoms with Crippen molar-refractivity contribution < 1.29 is 4.79 Å². The van der Waals surface area contributed by atoms with Crippen LogP contribution in [0.5, 0.6) is 0 Å². The molecular formula is C11H13BrN2O. The molecule has 2 N–H and O–H groups in total. The molecule has 2 rings (SSSR count). The van der Waals surface area contributed by atoms with Crippen LogP contribution >= 0.6 is 15.9 Å². The van der Waals surface area contributed by atoms with Gasteiger partial charge in [-0.3, -0.25) is 4.79 Å². The number of benzene rings is 1. The van der Waals surface area contributed by atoms with Crippen LogP contribution in [0.25, 0.3) is 0 Å². The predicted molar refractivity (Wildman–Crippen MR) is 62.8 cm³/mol. The van der Waals surface area contributed by atoms with Gasteiger partial charge in [0.15, 0.2) is 0 Å². The Morgan fingerprint density at radius 3 is 2.80 bits per heavy atom. The Balaban J connectivity index is 2.22. The molecule has 0 saturated carbocycles. The molecule has 1 fully saturated rings. The van der Waals surface area contributed by atoms with Gasteiger partial charge in [0.1, 0.15) is 0 Å². The molecular weight excluding hydrogens is 256 g/mol. The first kappa shape index (κ1) is 10.6. The van der Waals surface area contributed by atoms with Crippen molar-refractivity contribution in [2.45, 2.75) is 13.0 Å². The van der Waals surface area contributed by atoms with E-state index in [1.54, 1.807) is 4.90 Å². The van der Waals surface area contributed by atoms with Crippen LogP contribution in [0.2, 0.25) is 0 Å². The Morgan fingerprint density at radius 2 is 2.20 bits per heavy atom.